The molecule has 0 fully saturated rings. The molecule has 2 rings (SSSR count). The molecule has 106 valence electrons. The maximum Gasteiger partial charge on any atom is 0.0376 e. The highest BCUT2D eigenvalue weighted by atomic mass is 14.9. The second-order valence-electron chi connectivity index (χ2n) is 5.73. The average Bonchev–Trinajstić information content (AvgIpc) is 2.43. The van der Waals surface area contributed by atoms with Gasteiger partial charge in [-0.25, -0.2) is 0 Å². The van der Waals surface area contributed by atoms with Gasteiger partial charge in [0.1, 0.15) is 0 Å². The second-order valence-corrected chi connectivity index (χ2v) is 5.73. The van der Waals surface area contributed by atoms with Crippen LogP contribution in [0.1, 0.15) is 56.2 Å². The van der Waals surface area contributed by atoms with Crippen molar-refractivity contribution < 1.29 is 0 Å². The van der Waals surface area contributed by atoms with Crippen molar-refractivity contribution >= 4 is 11.3 Å². The summed E-state index contributed by atoms with van der Waals surface area (Å²) >= 11 is 0. The molecule has 1 aromatic rings. The Kier molecular flexibility index (Phi) is 4.49. The predicted molar refractivity (Wildman–Crippen MR) is 89.6 cm³/mol. The van der Waals surface area contributed by atoms with Crippen LogP contribution in [-0.2, 0) is 0 Å². The molecule has 0 radical (unpaired) electrons. The quantitative estimate of drug-likeness (QED) is 0.730. The van der Waals surface area contributed by atoms with Crippen molar-refractivity contribution in [1.29, 1.82) is 0 Å². The van der Waals surface area contributed by atoms with Crippen molar-refractivity contribution in [2.45, 2.75) is 39.5 Å². The Labute approximate surface area is 123 Å². The van der Waals surface area contributed by atoms with E-state index in [-0.39, 0.29) is 0 Å². The van der Waals surface area contributed by atoms with E-state index in [2.05, 4.69) is 63.5 Å². The molecule has 1 aliphatic carbocycles. The summed E-state index contributed by atoms with van der Waals surface area (Å²) in [5, 5.41) is 3.55. The topological polar surface area (TPSA) is 12.0 Å². The molecular weight excluding hydrogens is 242 g/mol. The van der Waals surface area contributed by atoms with Crippen molar-refractivity contribution in [2.75, 3.05) is 6.54 Å². The van der Waals surface area contributed by atoms with Crippen LogP contribution in [0.15, 0.2) is 43.0 Å². The number of rotatable bonds is 5. The lowest BCUT2D eigenvalue weighted by atomic mass is 9.78. The van der Waals surface area contributed by atoms with E-state index >= 15 is 0 Å². The number of hydrogen-bond acceptors (Lipinski definition) is 1. The number of nitrogens with one attached hydrogen (secondary N) is 1. The van der Waals surface area contributed by atoms with E-state index in [0.29, 0.717) is 5.92 Å². The maximum atomic E-state index is 4.19. The van der Waals surface area contributed by atoms with Crippen LogP contribution in [0, 0.1) is 0 Å². The fraction of sp³-hybridized carbons (Fsp3) is 0.368. The number of benzene rings is 1. The fourth-order valence-corrected chi connectivity index (χ4v) is 2.89. The van der Waals surface area contributed by atoms with Crippen LogP contribution in [0.5, 0.6) is 0 Å². The Bertz CT molecular complexity index is 563. The first-order valence-corrected chi connectivity index (χ1v) is 7.44. The highest BCUT2D eigenvalue weighted by Crippen LogP contribution is 2.40. The van der Waals surface area contributed by atoms with Gasteiger partial charge in [0.15, 0.2) is 0 Å². The molecule has 1 nitrogen and oxygen atoms in total. The van der Waals surface area contributed by atoms with Crippen LogP contribution in [0.4, 0.5) is 0 Å². The molecule has 1 atom stereocenters. The summed E-state index contributed by atoms with van der Waals surface area (Å²) in [4.78, 5) is 0. The van der Waals surface area contributed by atoms with E-state index in [1.807, 2.05) is 0 Å². The van der Waals surface area contributed by atoms with Gasteiger partial charge < -0.3 is 5.32 Å². The summed E-state index contributed by atoms with van der Waals surface area (Å²) in [7, 11) is 0. The van der Waals surface area contributed by atoms with Gasteiger partial charge in [0, 0.05) is 23.7 Å². The van der Waals surface area contributed by atoms with Crippen LogP contribution in [0.25, 0.3) is 11.3 Å². The van der Waals surface area contributed by atoms with Crippen LogP contribution < -0.4 is 5.32 Å². The highest BCUT2D eigenvalue weighted by molar-refractivity contribution is 5.77. The summed E-state index contributed by atoms with van der Waals surface area (Å²) in [5.74, 6) is 0.407. The Hall–Kier alpha value is -1.76. The number of hydrogen-bond donors (Lipinski definition) is 1. The minimum absolute atomic E-state index is 0.407. The summed E-state index contributed by atoms with van der Waals surface area (Å²) in [6.45, 7) is 15.8. The van der Waals surface area contributed by atoms with Crippen molar-refractivity contribution in [1.82, 2.24) is 5.32 Å². The molecule has 0 heterocycles. The molecule has 0 spiro atoms. The number of allylic oxidation sites excluding steroid dienone is 3. The summed E-state index contributed by atoms with van der Waals surface area (Å²) < 4.78 is 0. The van der Waals surface area contributed by atoms with Gasteiger partial charge >= 0.3 is 0 Å². The minimum atomic E-state index is 0.407. The highest BCUT2D eigenvalue weighted by Gasteiger charge is 2.24. The van der Waals surface area contributed by atoms with Gasteiger partial charge in [0.05, 0.1) is 0 Å². The van der Waals surface area contributed by atoms with Crippen LogP contribution in [0.3, 0.4) is 0 Å². The summed E-state index contributed by atoms with van der Waals surface area (Å²) in [5.41, 5.74) is 7.62. The SMILES string of the molecule is C=C(C)c1cccc2c1C(C(=C)C)CC=C2NCCC. The zero-order chi connectivity index (χ0) is 14.7. The minimum Gasteiger partial charge on any atom is -0.385 e. The molecule has 1 aliphatic rings. The van der Waals surface area contributed by atoms with Crippen molar-refractivity contribution in [2.24, 2.45) is 0 Å². The lowest BCUT2D eigenvalue weighted by molar-refractivity contribution is 0.764. The predicted octanol–water partition coefficient (Wildman–Crippen LogP) is 5.12. The Balaban J connectivity index is 2.54. The third-order valence-electron chi connectivity index (χ3n) is 3.92. The van der Waals surface area contributed by atoms with E-state index in [1.165, 1.54) is 28.0 Å². The van der Waals surface area contributed by atoms with E-state index in [1.54, 1.807) is 0 Å². The molecule has 0 aliphatic heterocycles. The molecule has 20 heavy (non-hydrogen) atoms. The van der Waals surface area contributed by atoms with Crippen molar-refractivity contribution in [3.8, 4) is 0 Å². The second kappa shape index (κ2) is 6.13. The van der Waals surface area contributed by atoms with Gasteiger partial charge in [-0.3, -0.25) is 0 Å². The largest absolute Gasteiger partial charge is 0.385 e. The Morgan fingerprint density at radius 3 is 2.65 bits per heavy atom. The van der Waals surface area contributed by atoms with Gasteiger partial charge in [0.25, 0.3) is 0 Å². The normalized spacial score (nSPS) is 17.1. The van der Waals surface area contributed by atoms with Gasteiger partial charge in [-0.05, 0) is 37.8 Å². The monoisotopic (exact) mass is 267 g/mol. The molecule has 1 aromatic carbocycles. The Morgan fingerprint density at radius 1 is 1.30 bits per heavy atom. The first-order valence-electron chi connectivity index (χ1n) is 7.44. The molecule has 0 amide bonds. The van der Waals surface area contributed by atoms with Crippen LogP contribution in [0.2, 0.25) is 0 Å². The molecule has 1 unspecified atom stereocenters. The fourth-order valence-electron chi connectivity index (χ4n) is 2.89. The van der Waals surface area contributed by atoms with Gasteiger partial charge in [-0.2, -0.15) is 0 Å². The summed E-state index contributed by atoms with van der Waals surface area (Å²) in [6.07, 6.45) is 4.48. The lowest BCUT2D eigenvalue weighted by Gasteiger charge is -2.29. The van der Waals surface area contributed by atoms with Gasteiger partial charge in [0.2, 0.25) is 0 Å². The van der Waals surface area contributed by atoms with E-state index in [9.17, 15) is 0 Å². The van der Waals surface area contributed by atoms with Crippen molar-refractivity contribution in [3.63, 3.8) is 0 Å². The molecule has 0 aromatic heterocycles. The smallest absolute Gasteiger partial charge is 0.0376 e. The average molecular weight is 267 g/mol. The van der Waals surface area contributed by atoms with Crippen molar-refractivity contribution in [3.05, 3.63) is 59.7 Å². The van der Waals surface area contributed by atoms with E-state index in [0.717, 1.165) is 25.0 Å². The van der Waals surface area contributed by atoms with E-state index in [4.69, 9.17) is 0 Å². The number of fused-ring (bicyclic) bond motifs is 1. The third-order valence-corrected chi connectivity index (χ3v) is 3.92. The zero-order valence-electron chi connectivity index (χ0n) is 12.9. The first-order chi connectivity index (χ1) is 9.56. The first kappa shape index (κ1) is 14.6. The Morgan fingerprint density at radius 2 is 2.05 bits per heavy atom. The zero-order valence-corrected chi connectivity index (χ0v) is 12.9. The molecule has 0 saturated heterocycles. The standard InChI is InChI=1S/C19H25N/c1-6-12-20-18-11-10-16(14(4)5)19-15(13(2)3)8-7-9-17(18)19/h7-9,11,16,20H,2,4,6,10,12H2,1,3,5H3. The summed E-state index contributed by atoms with van der Waals surface area (Å²) in [6, 6.07) is 6.52. The third kappa shape index (κ3) is 2.72. The van der Waals surface area contributed by atoms with Crippen LogP contribution >= 0.6 is 0 Å². The molecule has 1 heteroatoms. The van der Waals surface area contributed by atoms with Gasteiger partial charge in [-0.1, -0.05) is 55.5 Å². The molecular formula is C19H25N. The van der Waals surface area contributed by atoms with Gasteiger partial charge in [-0.15, -0.1) is 0 Å². The van der Waals surface area contributed by atoms with Crippen LogP contribution in [-0.4, -0.2) is 6.54 Å². The molecule has 0 saturated carbocycles. The lowest BCUT2D eigenvalue weighted by Crippen LogP contribution is -2.19. The molecule has 1 N–H and O–H groups in total. The molecule has 0 bridgehead atoms. The maximum absolute atomic E-state index is 4.19. The van der Waals surface area contributed by atoms with E-state index < -0.39 is 0 Å².